The summed E-state index contributed by atoms with van der Waals surface area (Å²) in [5, 5.41) is 5.23. The van der Waals surface area contributed by atoms with E-state index >= 15 is 0 Å². The van der Waals surface area contributed by atoms with Crippen LogP contribution in [0.5, 0.6) is 5.75 Å². The second-order valence-electron chi connectivity index (χ2n) is 6.14. The molecule has 26 heavy (non-hydrogen) atoms. The van der Waals surface area contributed by atoms with E-state index in [4.69, 9.17) is 9.15 Å². The molecule has 1 aliphatic rings. The molecule has 2 N–H and O–H groups in total. The number of methoxy groups -OCH3 is 1. The van der Waals surface area contributed by atoms with E-state index in [1.807, 2.05) is 0 Å². The normalized spacial score (nSPS) is 19.4. The van der Waals surface area contributed by atoms with Crippen LogP contribution in [0.4, 0.5) is 10.5 Å². The first-order chi connectivity index (χ1) is 12.3. The van der Waals surface area contributed by atoms with Gasteiger partial charge in [-0.15, -0.1) is 0 Å². The number of benzene rings is 1. The van der Waals surface area contributed by atoms with Crippen LogP contribution in [0.25, 0.3) is 0 Å². The fourth-order valence-electron chi connectivity index (χ4n) is 2.76. The predicted octanol–water partition coefficient (Wildman–Crippen LogP) is 2.00. The van der Waals surface area contributed by atoms with E-state index in [-0.39, 0.29) is 0 Å². The third-order valence-electron chi connectivity index (χ3n) is 4.16. The second-order valence-corrected chi connectivity index (χ2v) is 6.14. The Morgan fingerprint density at radius 3 is 2.73 bits per heavy atom. The second kappa shape index (κ2) is 6.55. The molecule has 1 aromatic carbocycles. The lowest BCUT2D eigenvalue weighted by atomic mass is 9.99. The molecule has 0 saturated carbocycles. The third-order valence-corrected chi connectivity index (χ3v) is 4.16. The summed E-state index contributed by atoms with van der Waals surface area (Å²) in [5.74, 6) is 0.486. The highest BCUT2D eigenvalue weighted by molar-refractivity contribution is 6.10. The molecule has 1 aromatic heterocycles. The van der Waals surface area contributed by atoms with Gasteiger partial charge in [-0.1, -0.05) is 6.07 Å². The topological polar surface area (TPSA) is 101 Å². The molecule has 1 saturated heterocycles. The Hall–Kier alpha value is -3.29. The minimum atomic E-state index is -1.33. The highest BCUT2D eigenvalue weighted by Crippen LogP contribution is 2.30. The molecule has 136 valence electrons. The van der Waals surface area contributed by atoms with Gasteiger partial charge in [0.2, 0.25) is 5.91 Å². The molecule has 0 spiro atoms. The number of amides is 4. The smallest absolute Gasteiger partial charge is 0.325 e. The monoisotopic (exact) mass is 357 g/mol. The van der Waals surface area contributed by atoms with Gasteiger partial charge in [-0.3, -0.25) is 14.5 Å². The van der Waals surface area contributed by atoms with Crippen LogP contribution in [0.3, 0.4) is 0 Å². The first-order valence-corrected chi connectivity index (χ1v) is 7.98. The summed E-state index contributed by atoms with van der Waals surface area (Å²) < 4.78 is 10.6. The molecule has 0 aliphatic carbocycles. The number of aryl methyl sites for hydroxylation is 1. The Bertz CT molecular complexity index is 875. The van der Waals surface area contributed by atoms with E-state index in [1.54, 1.807) is 50.2 Å². The van der Waals surface area contributed by atoms with Crippen molar-refractivity contribution in [2.45, 2.75) is 19.4 Å². The van der Waals surface area contributed by atoms with Crippen molar-refractivity contribution in [1.82, 2.24) is 10.2 Å². The average molecular weight is 357 g/mol. The highest BCUT2D eigenvalue weighted by atomic mass is 16.5. The van der Waals surface area contributed by atoms with Crippen molar-refractivity contribution in [2.24, 2.45) is 0 Å². The van der Waals surface area contributed by atoms with Crippen molar-refractivity contribution in [3.63, 3.8) is 0 Å². The zero-order valence-electron chi connectivity index (χ0n) is 14.7. The van der Waals surface area contributed by atoms with Crippen molar-refractivity contribution >= 4 is 23.5 Å². The van der Waals surface area contributed by atoms with Crippen molar-refractivity contribution in [1.29, 1.82) is 0 Å². The number of carbonyl (C=O) groups is 3. The Labute approximate surface area is 150 Å². The third kappa shape index (κ3) is 3.13. The standard InChI is InChI=1S/C18H19N3O5/c1-11-7-8-14(26-11)18(2)16(23)21(17(24)20-18)10-15(22)19-12-5-4-6-13(9-12)25-3/h4-9H,10H2,1-3H3,(H,19,22)(H,20,24)/t18-/m1/s1. The quantitative estimate of drug-likeness (QED) is 0.797. The minimum Gasteiger partial charge on any atom is -0.497 e. The fraction of sp³-hybridized carbons (Fsp3) is 0.278. The van der Waals surface area contributed by atoms with Gasteiger partial charge in [-0.05, 0) is 38.1 Å². The van der Waals surface area contributed by atoms with Crippen LogP contribution in [-0.4, -0.2) is 36.4 Å². The van der Waals surface area contributed by atoms with E-state index < -0.39 is 29.9 Å². The molecule has 8 nitrogen and oxygen atoms in total. The number of nitrogens with zero attached hydrogens (tertiary/aromatic N) is 1. The minimum absolute atomic E-state index is 0.323. The lowest BCUT2D eigenvalue weighted by Crippen LogP contribution is -2.41. The summed E-state index contributed by atoms with van der Waals surface area (Å²) in [6.07, 6.45) is 0. The Balaban J connectivity index is 1.72. The number of rotatable bonds is 5. The molecule has 1 fully saturated rings. The largest absolute Gasteiger partial charge is 0.497 e. The van der Waals surface area contributed by atoms with Gasteiger partial charge in [0.25, 0.3) is 5.91 Å². The predicted molar refractivity (Wildman–Crippen MR) is 92.7 cm³/mol. The number of furan rings is 1. The van der Waals surface area contributed by atoms with Gasteiger partial charge in [0.1, 0.15) is 23.8 Å². The van der Waals surface area contributed by atoms with Gasteiger partial charge in [-0.2, -0.15) is 0 Å². The maximum absolute atomic E-state index is 12.7. The highest BCUT2D eigenvalue weighted by Gasteiger charge is 2.51. The van der Waals surface area contributed by atoms with E-state index in [1.165, 1.54) is 7.11 Å². The number of hydrogen-bond acceptors (Lipinski definition) is 5. The van der Waals surface area contributed by atoms with E-state index in [9.17, 15) is 14.4 Å². The molecule has 0 unspecified atom stereocenters. The summed E-state index contributed by atoms with van der Waals surface area (Å²) in [4.78, 5) is 38.1. The number of nitrogens with one attached hydrogen (secondary N) is 2. The van der Waals surface area contributed by atoms with Crippen LogP contribution >= 0.6 is 0 Å². The number of carbonyl (C=O) groups excluding carboxylic acids is 3. The van der Waals surface area contributed by atoms with Crippen molar-refractivity contribution in [3.05, 3.63) is 47.9 Å². The lowest BCUT2D eigenvalue weighted by Gasteiger charge is -2.19. The van der Waals surface area contributed by atoms with Crippen LogP contribution in [0, 0.1) is 6.92 Å². The Kier molecular flexibility index (Phi) is 4.41. The lowest BCUT2D eigenvalue weighted by molar-refractivity contribution is -0.134. The molecule has 8 heteroatoms. The van der Waals surface area contributed by atoms with Crippen LogP contribution < -0.4 is 15.4 Å². The van der Waals surface area contributed by atoms with Crippen molar-refractivity contribution < 1.29 is 23.5 Å². The van der Waals surface area contributed by atoms with Crippen LogP contribution in [-0.2, 0) is 15.1 Å². The van der Waals surface area contributed by atoms with E-state index in [0.29, 0.717) is 23.0 Å². The number of anilines is 1. The first-order valence-electron chi connectivity index (χ1n) is 7.98. The SMILES string of the molecule is COc1cccc(NC(=O)CN2C(=O)N[C@](C)(c3ccc(C)o3)C2=O)c1. The number of imide groups is 1. The molecule has 2 heterocycles. The van der Waals surface area contributed by atoms with Gasteiger partial charge in [0, 0.05) is 11.8 Å². The summed E-state index contributed by atoms with van der Waals surface area (Å²) in [5.41, 5.74) is -0.826. The zero-order valence-corrected chi connectivity index (χ0v) is 14.7. The molecule has 3 rings (SSSR count). The Morgan fingerprint density at radius 1 is 1.31 bits per heavy atom. The van der Waals surface area contributed by atoms with E-state index in [2.05, 4.69) is 10.6 Å². The van der Waals surface area contributed by atoms with Crippen molar-refractivity contribution in [3.8, 4) is 5.75 Å². The van der Waals surface area contributed by atoms with Crippen LogP contribution in [0.15, 0.2) is 40.8 Å². The molecule has 1 aliphatic heterocycles. The summed E-state index contributed by atoms with van der Waals surface area (Å²) >= 11 is 0. The molecule has 2 aromatic rings. The summed E-state index contributed by atoms with van der Waals surface area (Å²) in [7, 11) is 1.52. The van der Waals surface area contributed by atoms with Crippen LogP contribution in [0.1, 0.15) is 18.4 Å². The van der Waals surface area contributed by atoms with Gasteiger partial charge in [-0.25, -0.2) is 4.79 Å². The zero-order chi connectivity index (χ0) is 18.9. The maximum atomic E-state index is 12.7. The molecular formula is C18H19N3O5. The van der Waals surface area contributed by atoms with Crippen molar-refractivity contribution in [2.75, 3.05) is 19.0 Å². The molecule has 0 bridgehead atoms. The molecule has 0 radical (unpaired) electrons. The number of urea groups is 1. The molecular weight excluding hydrogens is 338 g/mol. The summed E-state index contributed by atoms with van der Waals surface area (Å²) in [6.45, 7) is 2.89. The average Bonchev–Trinajstić information content (AvgIpc) is 3.13. The molecule has 4 amide bonds. The fourth-order valence-corrected chi connectivity index (χ4v) is 2.76. The van der Waals surface area contributed by atoms with Gasteiger partial charge >= 0.3 is 6.03 Å². The number of ether oxygens (including phenoxy) is 1. The number of hydrogen-bond donors (Lipinski definition) is 2. The van der Waals surface area contributed by atoms with Gasteiger partial charge in [0.05, 0.1) is 7.11 Å². The Morgan fingerprint density at radius 2 is 2.08 bits per heavy atom. The van der Waals surface area contributed by atoms with Gasteiger partial charge < -0.3 is 19.8 Å². The van der Waals surface area contributed by atoms with E-state index in [0.717, 1.165) is 4.90 Å². The summed E-state index contributed by atoms with van der Waals surface area (Å²) in [6, 6.07) is 9.47. The van der Waals surface area contributed by atoms with Gasteiger partial charge in [0.15, 0.2) is 5.54 Å². The molecule has 1 atom stereocenters. The maximum Gasteiger partial charge on any atom is 0.325 e. The first kappa shape index (κ1) is 17.5. The van der Waals surface area contributed by atoms with Crippen LogP contribution in [0.2, 0.25) is 0 Å².